The summed E-state index contributed by atoms with van der Waals surface area (Å²) < 4.78 is 0. The van der Waals surface area contributed by atoms with Gasteiger partial charge in [-0.05, 0) is 63.7 Å². The minimum Gasteiger partial charge on any atom is -0.305 e. The third-order valence-corrected chi connectivity index (χ3v) is 4.79. The summed E-state index contributed by atoms with van der Waals surface area (Å²) in [5, 5.41) is 0. The molecule has 0 saturated carbocycles. The van der Waals surface area contributed by atoms with E-state index in [1.165, 1.54) is 17.7 Å². The summed E-state index contributed by atoms with van der Waals surface area (Å²) in [5.74, 6) is 0. The molecular formula is C19H26N4. The number of hydrogen-bond acceptors (Lipinski definition) is 4. The zero-order chi connectivity index (χ0) is 16.2. The number of nitrogens with zero attached hydrogens (tertiary/aromatic N) is 4. The molecule has 0 radical (unpaired) electrons. The highest BCUT2D eigenvalue weighted by Crippen LogP contribution is 2.26. The molecule has 1 fully saturated rings. The normalized spacial score (nSPS) is 21.9. The van der Waals surface area contributed by atoms with Crippen molar-refractivity contribution in [1.82, 2.24) is 19.8 Å². The fraction of sp³-hybridized carbons (Fsp3) is 0.474. The highest BCUT2D eigenvalue weighted by Gasteiger charge is 2.35. The zero-order valence-electron chi connectivity index (χ0n) is 14.3. The van der Waals surface area contributed by atoms with E-state index in [-0.39, 0.29) is 0 Å². The van der Waals surface area contributed by atoms with Crippen LogP contribution in [0.4, 0.5) is 0 Å². The van der Waals surface area contributed by atoms with Crippen LogP contribution in [0.25, 0.3) is 0 Å². The first kappa shape index (κ1) is 16.1. The summed E-state index contributed by atoms with van der Waals surface area (Å²) in [7, 11) is 4.39. The summed E-state index contributed by atoms with van der Waals surface area (Å²) >= 11 is 0. The number of aryl methyl sites for hydroxylation is 1. The third-order valence-electron chi connectivity index (χ3n) is 4.79. The standard InChI is InChI=1S/C19H26N4/c1-15-5-4-6-17(21-15)14-23-12-9-18(22(2)3)19(23)13-16-7-10-20-11-8-16/h4-8,10-11,18-19H,9,12-14H2,1-3H3/t18-,19+/m1/s1. The molecule has 4 nitrogen and oxygen atoms in total. The van der Waals surface area contributed by atoms with Gasteiger partial charge in [0.05, 0.1) is 5.69 Å². The summed E-state index contributed by atoms with van der Waals surface area (Å²) in [5.41, 5.74) is 3.63. The van der Waals surface area contributed by atoms with Gasteiger partial charge in [-0.2, -0.15) is 0 Å². The molecule has 1 aliphatic rings. The molecule has 0 bridgehead atoms. The lowest BCUT2D eigenvalue weighted by Gasteiger charge is -2.31. The Bertz CT molecular complexity index is 626. The van der Waals surface area contributed by atoms with Crippen molar-refractivity contribution in [2.75, 3.05) is 20.6 Å². The van der Waals surface area contributed by atoms with E-state index >= 15 is 0 Å². The lowest BCUT2D eigenvalue weighted by molar-refractivity contribution is 0.176. The molecular weight excluding hydrogens is 284 g/mol. The van der Waals surface area contributed by atoms with E-state index < -0.39 is 0 Å². The molecule has 0 unspecified atom stereocenters. The van der Waals surface area contributed by atoms with Gasteiger partial charge >= 0.3 is 0 Å². The molecule has 3 rings (SSSR count). The topological polar surface area (TPSA) is 32.3 Å². The van der Waals surface area contributed by atoms with Gasteiger partial charge in [0.2, 0.25) is 0 Å². The van der Waals surface area contributed by atoms with Gasteiger partial charge in [0.15, 0.2) is 0 Å². The Kier molecular flexibility index (Phi) is 5.03. The van der Waals surface area contributed by atoms with Gasteiger partial charge in [0.25, 0.3) is 0 Å². The Hall–Kier alpha value is -1.78. The second kappa shape index (κ2) is 7.20. The van der Waals surface area contributed by atoms with E-state index in [0.29, 0.717) is 12.1 Å². The van der Waals surface area contributed by atoms with Crippen LogP contribution >= 0.6 is 0 Å². The zero-order valence-corrected chi connectivity index (χ0v) is 14.3. The molecule has 2 atom stereocenters. The van der Waals surface area contributed by atoms with E-state index in [1.54, 1.807) is 0 Å². The van der Waals surface area contributed by atoms with Crippen molar-refractivity contribution in [3.05, 3.63) is 59.7 Å². The minimum atomic E-state index is 0.523. The van der Waals surface area contributed by atoms with Crippen molar-refractivity contribution in [2.24, 2.45) is 0 Å². The Morgan fingerprint density at radius 2 is 1.96 bits per heavy atom. The number of rotatable bonds is 5. The Morgan fingerprint density at radius 1 is 1.17 bits per heavy atom. The molecule has 2 aromatic heterocycles. The SMILES string of the molecule is Cc1cccc(CN2CC[C@@H](N(C)C)[C@@H]2Cc2ccncc2)n1. The molecule has 0 spiro atoms. The molecule has 23 heavy (non-hydrogen) atoms. The Morgan fingerprint density at radius 3 is 2.65 bits per heavy atom. The smallest absolute Gasteiger partial charge is 0.0547 e. The van der Waals surface area contributed by atoms with E-state index in [0.717, 1.165) is 25.2 Å². The predicted molar refractivity (Wildman–Crippen MR) is 93.2 cm³/mol. The van der Waals surface area contributed by atoms with Crippen molar-refractivity contribution in [3.63, 3.8) is 0 Å². The van der Waals surface area contributed by atoms with E-state index in [1.807, 2.05) is 12.4 Å². The predicted octanol–water partition coefficient (Wildman–Crippen LogP) is 2.53. The highest BCUT2D eigenvalue weighted by molar-refractivity contribution is 5.15. The van der Waals surface area contributed by atoms with Gasteiger partial charge in [0, 0.05) is 43.3 Å². The van der Waals surface area contributed by atoms with Crippen molar-refractivity contribution in [3.8, 4) is 0 Å². The van der Waals surface area contributed by atoms with Crippen LogP contribution in [0.5, 0.6) is 0 Å². The van der Waals surface area contributed by atoms with E-state index in [4.69, 9.17) is 0 Å². The van der Waals surface area contributed by atoms with Crippen molar-refractivity contribution in [2.45, 2.75) is 38.4 Å². The van der Waals surface area contributed by atoms with Crippen LogP contribution in [-0.2, 0) is 13.0 Å². The average Bonchev–Trinajstić information content (AvgIpc) is 2.91. The molecule has 0 amide bonds. The molecule has 4 heteroatoms. The largest absolute Gasteiger partial charge is 0.305 e. The van der Waals surface area contributed by atoms with E-state index in [2.05, 4.69) is 71.1 Å². The maximum atomic E-state index is 4.68. The number of pyridine rings is 2. The highest BCUT2D eigenvalue weighted by atomic mass is 15.3. The van der Waals surface area contributed by atoms with Gasteiger partial charge in [-0.25, -0.2) is 0 Å². The Labute approximate surface area is 139 Å². The molecule has 2 aromatic rings. The molecule has 0 N–H and O–H groups in total. The maximum absolute atomic E-state index is 4.68. The van der Waals surface area contributed by atoms with Crippen LogP contribution < -0.4 is 0 Å². The van der Waals surface area contributed by atoms with Crippen molar-refractivity contribution in [1.29, 1.82) is 0 Å². The van der Waals surface area contributed by atoms with Crippen molar-refractivity contribution < 1.29 is 0 Å². The first-order valence-corrected chi connectivity index (χ1v) is 8.35. The van der Waals surface area contributed by atoms with Crippen LogP contribution in [-0.4, -0.2) is 52.5 Å². The van der Waals surface area contributed by atoms with E-state index in [9.17, 15) is 0 Å². The van der Waals surface area contributed by atoms with Crippen LogP contribution in [0.15, 0.2) is 42.7 Å². The van der Waals surface area contributed by atoms with Crippen LogP contribution in [0, 0.1) is 6.92 Å². The second-order valence-corrected chi connectivity index (χ2v) is 6.69. The van der Waals surface area contributed by atoms with Gasteiger partial charge in [-0.15, -0.1) is 0 Å². The summed E-state index contributed by atoms with van der Waals surface area (Å²) in [6, 6.07) is 11.7. The number of likely N-dealkylation sites (N-methyl/N-ethyl adjacent to an activating group) is 1. The summed E-state index contributed by atoms with van der Waals surface area (Å²) in [4.78, 5) is 13.8. The Balaban J connectivity index is 1.77. The first-order valence-electron chi connectivity index (χ1n) is 8.35. The van der Waals surface area contributed by atoms with Gasteiger partial charge in [-0.3, -0.25) is 14.9 Å². The van der Waals surface area contributed by atoms with Crippen LogP contribution in [0.2, 0.25) is 0 Å². The number of aromatic nitrogens is 2. The maximum Gasteiger partial charge on any atom is 0.0547 e. The lowest BCUT2D eigenvalue weighted by atomic mass is 10.00. The minimum absolute atomic E-state index is 0.523. The fourth-order valence-electron chi connectivity index (χ4n) is 3.62. The summed E-state index contributed by atoms with van der Waals surface area (Å²) in [6.45, 7) is 4.13. The molecule has 0 aromatic carbocycles. The van der Waals surface area contributed by atoms with Gasteiger partial charge < -0.3 is 4.90 Å². The first-order chi connectivity index (χ1) is 11.1. The molecule has 1 aliphatic heterocycles. The molecule has 3 heterocycles. The lowest BCUT2D eigenvalue weighted by Crippen LogP contribution is -2.43. The monoisotopic (exact) mass is 310 g/mol. The van der Waals surface area contributed by atoms with Crippen molar-refractivity contribution >= 4 is 0 Å². The van der Waals surface area contributed by atoms with Crippen LogP contribution in [0.3, 0.4) is 0 Å². The second-order valence-electron chi connectivity index (χ2n) is 6.69. The quantitative estimate of drug-likeness (QED) is 0.849. The van der Waals surface area contributed by atoms with Crippen LogP contribution in [0.1, 0.15) is 23.4 Å². The third kappa shape index (κ3) is 3.95. The number of hydrogen-bond donors (Lipinski definition) is 0. The fourth-order valence-corrected chi connectivity index (χ4v) is 3.62. The van der Waals surface area contributed by atoms with Gasteiger partial charge in [0.1, 0.15) is 0 Å². The molecule has 0 aliphatic carbocycles. The average molecular weight is 310 g/mol. The molecule has 122 valence electrons. The molecule has 1 saturated heterocycles. The number of likely N-dealkylation sites (tertiary alicyclic amines) is 1. The van der Waals surface area contributed by atoms with Gasteiger partial charge in [-0.1, -0.05) is 6.07 Å². The summed E-state index contributed by atoms with van der Waals surface area (Å²) in [6.07, 6.45) is 6.06.